The maximum atomic E-state index is 12.4. The fraction of sp³-hybridized carbons (Fsp3) is 0.300. The molecule has 0 saturated carbocycles. The molecular weight excluding hydrogens is 360 g/mol. The second-order valence-electron chi connectivity index (χ2n) is 6.72. The largest absolute Gasteiger partial charge is 0.472 e. The number of amides is 1. The molecule has 0 atom stereocenters. The third-order valence-corrected chi connectivity index (χ3v) is 5.47. The van der Waals surface area contributed by atoms with Crippen molar-refractivity contribution in [3.8, 4) is 0 Å². The van der Waals surface area contributed by atoms with Crippen LogP contribution in [0.15, 0.2) is 52.7 Å². The molecule has 0 spiro atoms. The normalized spacial score (nSPS) is 15.1. The summed E-state index contributed by atoms with van der Waals surface area (Å²) in [5.41, 5.74) is 3.97. The summed E-state index contributed by atoms with van der Waals surface area (Å²) in [6, 6.07) is 10.0. The van der Waals surface area contributed by atoms with Gasteiger partial charge in [-0.1, -0.05) is 17.7 Å². The number of piperazine rings is 1. The Morgan fingerprint density at radius 1 is 1.19 bits per heavy atom. The van der Waals surface area contributed by atoms with Gasteiger partial charge >= 0.3 is 0 Å². The van der Waals surface area contributed by atoms with Gasteiger partial charge in [0.05, 0.1) is 17.5 Å². The number of hydrogen-bond donors (Lipinski definition) is 1. The first-order valence-electron chi connectivity index (χ1n) is 8.99. The van der Waals surface area contributed by atoms with Crippen LogP contribution in [0.25, 0.3) is 0 Å². The van der Waals surface area contributed by atoms with Crippen molar-refractivity contribution in [2.75, 3.05) is 31.5 Å². The van der Waals surface area contributed by atoms with Crippen molar-refractivity contribution < 1.29 is 9.21 Å². The molecule has 1 aliphatic heterocycles. The van der Waals surface area contributed by atoms with Gasteiger partial charge in [0, 0.05) is 43.8 Å². The minimum atomic E-state index is 0.0432. The number of anilines is 2. The van der Waals surface area contributed by atoms with Crippen molar-refractivity contribution >= 4 is 28.1 Å². The first kappa shape index (κ1) is 17.8. The second-order valence-corrected chi connectivity index (χ2v) is 7.57. The number of furan rings is 1. The number of nitrogens with one attached hydrogen (secondary N) is 1. The highest BCUT2D eigenvalue weighted by Gasteiger charge is 2.23. The summed E-state index contributed by atoms with van der Waals surface area (Å²) < 4.78 is 5.01. The monoisotopic (exact) mass is 382 g/mol. The zero-order chi connectivity index (χ0) is 18.6. The number of aromatic nitrogens is 1. The molecule has 1 aromatic carbocycles. The lowest BCUT2D eigenvalue weighted by Gasteiger charge is -2.34. The maximum absolute atomic E-state index is 12.4. The number of aryl methyl sites for hydroxylation is 1. The number of hydrogen-bond acceptors (Lipinski definition) is 6. The Balaban J connectivity index is 1.29. The molecule has 0 aliphatic carbocycles. The summed E-state index contributed by atoms with van der Waals surface area (Å²) in [7, 11) is 0. The Bertz CT molecular complexity index is 881. The molecule has 0 radical (unpaired) electrons. The molecule has 3 aromatic rings. The zero-order valence-electron chi connectivity index (χ0n) is 15.2. The summed E-state index contributed by atoms with van der Waals surface area (Å²) in [5.74, 6) is 0.0432. The van der Waals surface area contributed by atoms with Crippen molar-refractivity contribution in [1.82, 2.24) is 14.8 Å². The van der Waals surface area contributed by atoms with Crippen LogP contribution in [-0.2, 0) is 6.54 Å². The second kappa shape index (κ2) is 7.94. The van der Waals surface area contributed by atoms with Gasteiger partial charge in [0.15, 0.2) is 5.13 Å². The number of benzene rings is 1. The highest BCUT2D eigenvalue weighted by Crippen LogP contribution is 2.22. The molecule has 140 valence electrons. The third-order valence-electron chi connectivity index (χ3n) is 4.67. The zero-order valence-corrected chi connectivity index (χ0v) is 16.0. The van der Waals surface area contributed by atoms with E-state index in [0.717, 1.165) is 49.2 Å². The van der Waals surface area contributed by atoms with Crippen LogP contribution in [0.2, 0.25) is 0 Å². The molecule has 2 aromatic heterocycles. The molecule has 6 nitrogen and oxygen atoms in total. The van der Waals surface area contributed by atoms with Crippen molar-refractivity contribution in [1.29, 1.82) is 0 Å². The highest BCUT2D eigenvalue weighted by atomic mass is 32.1. The fourth-order valence-electron chi connectivity index (χ4n) is 3.10. The van der Waals surface area contributed by atoms with Gasteiger partial charge in [-0.15, -0.1) is 11.3 Å². The van der Waals surface area contributed by atoms with Gasteiger partial charge in [0.2, 0.25) is 0 Å². The van der Waals surface area contributed by atoms with Crippen LogP contribution in [-0.4, -0.2) is 46.9 Å². The van der Waals surface area contributed by atoms with Gasteiger partial charge in [-0.2, -0.15) is 0 Å². The van der Waals surface area contributed by atoms with E-state index in [-0.39, 0.29) is 5.91 Å². The van der Waals surface area contributed by atoms with Crippen LogP contribution in [0.4, 0.5) is 10.8 Å². The molecule has 1 amide bonds. The Morgan fingerprint density at radius 3 is 2.67 bits per heavy atom. The van der Waals surface area contributed by atoms with Crippen molar-refractivity contribution in [2.45, 2.75) is 13.5 Å². The van der Waals surface area contributed by atoms with E-state index in [9.17, 15) is 4.79 Å². The molecular formula is C20H22N4O2S. The van der Waals surface area contributed by atoms with E-state index >= 15 is 0 Å². The number of rotatable bonds is 5. The predicted molar refractivity (Wildman–Crippen MR) is 106 cm³/mol. The van der Waals surface area contributed by atoms with E-state index in [1.165, 1.54) is 18.1 Å². The van der Waals surface area contributed by atoms with E-state index in [0.29, 0.717) is 5.56 Å². The maximum Gasteiger partial charge on any atom is 0.257 e. The van der Waals surface area contributed by atoms with Gasteiger partial charge in [-0.25, -0.2) is 4.98 Å². The minimum absolute atomic E-state index is 0.0432. The summed E-state index contributed by atoms with van der Waals surface area (Å²) >= 11 is 1.62. The van der Waals surface area contributed by atoms with Crippen LogP contribution < -0.4 is 5.32 Å². The highest BCUT2D eigenvalue weighted by molar-refractivity contribution is 7.13. The Morgan fingerprint density at radius 2 is 1.96 bits per heavy atom. The van der Waals surface area contributed by atoms with Crippen molar-refractivity contribution in [3.05, 3.63) is 65.1 Å². The van der Waals surface area contributed by atoms with Gasteiger partial charge in [0.1, 0.15) is 6.26 Å². The van der Waals surface area contributed by atoms with Crippen LogP contribution in [0.3, 0.4) is 0 Å². The topological polar surface area (TPSA) is 61.6 Å². The number of thiazole rings is 1. The van der Waals surface area contributed by atoms with Crippen LogP contribution >= 0.6 is 11.3 Å². The Labute approximate surface area is 162 Å². The van der Waals surface area contributed by atoms with Crippen LogP contribution in [0.5, 0.6) is 0 Å². The summed E-state index contributed by atoms with van der Waals surface area (Å²) in [6.45, 7) is 6.03. The third kappa shape index (κ3) is 4.37. The smallest absolute Gasteiger partial charge is 0.257 e. The van der Waals surface area contributed by atoms with E-state index in [1.54, 1.807) is 17.4 Å². The molecule has 1 aliphatic rings. The first-order valence-corrected chi connectivity index (χ1v) is 9.87. The first-order chi connectivity index (χ1) is 13.2. The molecule has 7 heteroatoms. The van der Waals surface area contributed by atoms with Crippen molar-refractivity contribution in [2.24, 2.45) is 0 Å². The average Bonchev–Trinajstić information content (AvgIpc) is 3.36. The number of carbonyl (C=O) groups excluding carboxylic acids is 1. The minimum Gasteiger partial charge on any atom is -0.472 e. The van der Waals surface area contributed by atoms with Gasteiger partial charge in [-0.05, 0) is 25.1 Å². The van der Waals surface area contributed by atoms with E-state index in [4.69, 9.17) is 4.42 Å². The number of nitrogens with zero attached hydrogens (tertiary/aromatic N) is 3. The molecule has 27 heavy (non-hydrogen) atoms. The van der Waals surface area contributed by atoms with Gasteiger partial charge in [-0.3, -0.25) is 9.69 Å². The van der Waals surface area contributed by atoms with E-state index in [1.807, 2.05) is 4.90 Å². The van der Waals surface area contributed by atoms with Crippen LogP contribution in [0.1, 0.15) is 21.6 Å². The quantitative estimate of drug-likeness (QED) is 0.728. The molecule has 3 heterocycles. The van der Waals surface area contributed by atoms with E-state index in [2.05, 4.69) is 51.8 Å². The summed E-state index contributed by atoms with van der Waals surface area (Å²) in [4.78, 5) is 21.3. The molecule has 1 saturated heterocycles. The summed E-state index contributed by atoms with van der Waals surface area (Å²) in [6.07, 6.45) is 3.04. The molecule has 1 N–H and O–H groups in total. The Kier molecular flexibility index (Phi) is 5.22. The van der Waals surface area contributed by atoms with E-state index < -0.39 is 0 Å². The molecule has 0 bridgehead atoms. The summed E-state index contributed by atoms with van der Waals surface area (Å²) in [5, 5.41) is 6.36. The molecule has 4 rings (SSSR count). The Hall–Kier alpha value is -2.64. The van der Waals surface area contributed by atoms with Crippen LogP contribution in [0, 0.1) is 6.92 Å². The average molecular weight is 382 g/mol. The standard InChI is InChI=1S/C20H22N4O2S/c1-15-2-4-17(5-3-15)21-20-22-18(14-27-20)12-23-7-9-24(10-8-23)19(25)16-6-11-26-13-16/h2-6,11,13-14H,7-10,12H2,1H3,(H,21,22). The fourth-order valence-corrected chi connectivity index (χ4v) is 3.83. The lowest BCUT2D eigenvalue weighted by Crippen LogP contribution is -2.48. The lowest BCUT2D eigenvalue weighted by atomic mass is 10.2. The SMILES string of the molecule is Cc1ccc(Nc2nc(CN3CCN(C(=O)c4ccoc4)CC3)cs2)cc1. The lowest BCUT2D eigenvalue weighted by molar-refractivity contribution is 0.0626. The van der Waals surface area contributed by atoms with Gasteiger partial charge < -0.3 is 14.6 Å². The molecule has 0 unspecified atom stereocenters. The number of carbonyl (C=O) groups is 1. The predicted octanol–water partition coefficient (Wildman–Crippen LogP) is 3.75. The van der Waals surface area contributed by atoms with Crippen molar-refractivity contribution in [3.63, 3.8) is 0 Å². The van der Waals surface area contributed by atoms with Gasteiger partial charge in [0.25, 0.3) is 5.91 Å². The molecule has 1 fully saturated rings.